The number of rotatable bonds is 5. The maximum absolute atomic E-state index is 11.8. The molecule has 2 aliphatic rings. The van der Waals surface area contributed by atoms with Crippen molar-refractivity contribution in [3.05, 3.63) is 119 Å². The van der Waals surface area contributed by atoms with Gasteiger partial charge in [0.15, 0.2) is 29.1 Å². The van der Waals surface area contributed by atoms with Crippen LogP contribution >= 0.6 is 0 Å². The van der Waals surface area contributed by atoms with E-state index >= 15 is 0 Å². The lowest BCUT2D eigenvalue weighted by Gasteiger charge is -2.05. The summed E-state index contributed by atoms with van der Waals surface area (Å²) in [6.07, 6.45) is 0. The number of aromatic amines is 3. The molecule has 0 saturated heterocycles. The Kier molecular flexibility index (Phi) is 8.45. The Hall–Kier alpha value is -8.03. The first-order valence-corrected chi connectivity index (χ1v) is 16.0. The van der Waals surface area contributed by atoms with Gasteiger partial charge < -0.3 is 4.98 Å². The van der Waals surface area contributed by atoms with Crippen molar-refractivity contribution in [2.24, 2.45) is 0 Å². The van der Waals surface area contributed by atoms with Gasteiger partial charge >= 0.3 is 0 Å². The minimum Gasteiger partial charge on any atom is -0.324 e. The number of nitro benzene ring substituents is 4. The van der Waals surface area contributed by atoms with Gasteiger partial charge in [0.25, 0.3) is 22.7 Å². The summed E-state index contributed by atoms with van der Waals surface area (Å²) in [7, 11) is 0. The average molecular weight is 729 g/mol. The van der Waals surface area contributed by atoms with Crippen LogP contribution in [-0.2, 0) is 0 Å². The largest absolute Gasteiger partial charge is 0.324 e. The van der Waals surface area contributed by atoms with Gasteiger partial charge in [-0.15, -0.1) is 0 Å². The van der Waals surface area contributed by atoms with Gasteiger partial charge in [0.2, 0.25) is 0 Å². The van der Waals surface area contributed by atoms with Crippen LogP contribution in [-0.4, -0.2) is 59.8 Å². The van der Waals surface area contributed by atoms with Crippen LogP contribution in [0.1, 0.15) is 19.4 Å². The molecule has 0 spiro atoms. The monoisotopic (exact) mass is 728 g/mol. The van der Waals surface area contributed by atoms with Crippen LogP contribution in [0.2, 0.25) is 0 Å². The quantitative estimate of drug-likeness (QED) is 0.113. The first kappa shape index (κ1) is 34.4. The normalized spacial score (nSPS) is 11.1. The van der Waals surface area contributed by atoms with E-state index in [1.165, 1.54) is 72.8 Å². The van der Waals surface area contributed by atoms with E-state index in [-0.39, 0.29) is 79.7 Å². The van der Waals surface area contributed by atoms with Crippen molar-refractivity contribution in [3.63, 3.8) is 0 Å². The predicted molar refractivity (Wildman–Crippen MR) is 195 cm³/mol. The van der Waals surface area contributed by atoms with Gasteiger partial charge in [0.1, 0.15) is 11.3 Å². The zero-order valence-corrected chi connectivity index (χ0v) is 28.2. The highest BCUT2D eigenvalue weighted by Crippen LogP contribution is 2.39. The molecule has 0 saturated carbocycles. The van der Waals surface area contributed by atoms with Crippen molar-refractivity contribution >= 4 is 44.8 Å². The number of fused-ring (bicyclic) bond motifs is 15. The first-order valence-electron chi connectivity index (χ1n) is 16.0. The summed E-state index contributed by atoms with van der Waals surface area (Å²) >= 11 is 0. The van der Waals surface area contributed by atoms with Crippen LogP contribution in [0.15, 0.2) is 72.8 Å². The topological polar surface area (TPSA) is 284 Å². The molecule has 20 nitrogen and oxygen atoms in total. The SMILES string of the molecule is CC.Cc1cc([N+](=O)[O-])ccc1-c1nc2nc(nc3[nH]c(nc4nc([nH][nH]1)-c1ccc([N+](=O)[O-])cc1-4)c1ccc([N+](=O)[O-])cc31)-c1ccc([N+](=O)[O-])cc1-2. The second-order valence-electron chi connectivity index (χ2n) is 11.5. The molecule has 6 bridgehead atoms. The lowest BCUT2D eigenvalue weighted by molar-refractivity contribution is -0.385. The van der Waals surface area contributed by atoms with Gasteiger partial charge in [-0.2, -0.15) is 0 Å². The molecule has 54 heavy (non-hydrogen) atoms. The van der Waals surface area contributed by atoms with Crippen molar-refractivity contribution in [1.82, 2.24) is 40.1 Å². The summed E-state index contributed by atoms with van der Waals surface area (Å²) in [6.45, 7) is 5.63. The number of nitro groups is 4. The van der Waals surface area contributed by atoms with Crippen LogP contribution in [0.25, 0.3) is 79.0 Å². The molecule has 2 aromatic heterocycles. The Bertz CT molecular complexity index is 2810. The number of hydrogen-bond donors (Lipinski definition) is 3. The van der Waals surface area contributed by atoms with E-state index in [0.717, 1.165) is 0 Å². The number of non-ortho nitro benzene ring substituents is 4. The van der Waals surface area contributed by atoms with Gasteiger partial charge in [-0.05, 0) is 36.8 Å². The van der Waals surface area contributed by atoms with Crippen molar-refractivity contribution in [1.29, 1.82) is 0 Å². The van der Waals surface area contributed by atoms with Crippen molar-refractivity contribution < 1.29 is 19.7 Å². The highest BCUT2D eigenvalue weighted by atomic mass is 16.6. The first-order chi connectivity index (χ1) is 25.9. The molecule has 0 atom stereocenters. The molecule has 4 aromatic carbocycles. The predicted octanol–water partition coefficient (Wildman–Crippen LogP) is 7.69. The molecule has 8 rings (SSSR count). The molecule has 20 heteroatoms. The summed E-state index contributed by atoms with van der Waals surface area (Å²) in [5, 5.41) is 53.5. The second kappa shape index (κ2) is 13.3. The Morgan fingerprint density at radius 1 is 0.463 bits per heavy atom. The third-order valence-corrected chi connectivity index (χ3v) is 8.42. The number of benzene rings is 4. The third-order valence-electron chi connectivity index (χ3n) is 8.42. The number of aryl methyl sites for hydroxylation is 1. The Balaban J connectivity index is 0.00000221. The van der Waals surface area contributed by atoms with Gasteiger partial charge in [-0.25, -0.2) is 24.9 Å². The maximum atomic E-state index is 11.8. The highest BCUT2D eigenvalue weighted by Gasteiger charge is 2.25. The van der Waals surface area contributed by atoms with Crippen molar-refractivity contribution in [3.8, 4) is 56.9 Å². The molecule has 0 aliphatic carbocycles. The third kappa shape index (κ3) is 5.93. The van der Waals surface area contributed by atoms with Crippen LogP contribution in [0.3, 0.4) is 0 Å². The second-order valence-corrected chi connectivity index (χ2v) is 11.5. The molecule has 0 unspecified atom stereocenters. The molecule has 6 aromatic rings. The number of nitrogens with zero attached hydrogens (tertiary/aromatic N) is 9. The lowest BCUT2D eigenvalue weighted by atomic mass is 10.1. The van der Waals surface area contributed by atoms with Gasteiger partial charge in [0.05, 0.1) is 19.7 Å². The van der Waals surface area contributed by atoms with Crippen LogP contribution in [0, 0.1) is 47.4 Å². The summed E-state index contributed by atoms with van der Waals surface area (Å²) in [6, 6.07) is 16.3. The van der Waals surface area contributed by atoms with Gasteiger partial charge in [0, 0.05) is 87.1 Å². The minimum absolute atomic E-state index is 0.0160. The Morgan fingerprint density at radius 2 is 0.889 bits per heavy atom. The number of H-pyrrole nitrogens is 3. The number of hydrogen-bond acceptors (Lipinski definition) is 13. The fourth-order valence-electron chi connectivity index (χ4n) is 5.95. The van der Waals surface area contributed by atoms with Gasteiger partial charge in [-0.1, -0.05) is 13.8 Å². The lowest BCUT2D eigenvalue weighted by Crippen LogP contribution is -1.96. The minimum atomic E-state index is -0.580. The summed E-state index contributed by atoms with van der Waals surface area (Å²) in [5.74, 6) is 0.332. The smallest absolute Gasteiger partial charge is 0.270 e. The zero-order valence-electron chi connectivity index (χ0n) is 28.2. The van der Waals surface area contributed by atoms with E-state index in [9.17, 15) is 40.5 Å². The van der Waals surface area contributed by atoms with Crippen LogP contribution < -0.4 is 0 Å². The maximum Gasteiger partial charge on any atom is 0.270 e. The van der Waals surface area contributed by atoms with Gasteiger partial charge in [-0.3, -0.25) is 50.7 Å². The van der Waals surface area contributed by atoms with E-state index < -0.39 is 19.7 Å². The molecular formula is C34H24N12O8. The molecule has 2 aliphatic heterocycles. The standard InChI is InChI=1S/C32H18N12O8.C2H6/c1-14-10-15(41(45)46)2-6-19(14)31-37-29-24-12-17(43(49)50)4-8-21(24)27(35-29)34-28-23-11-16(42(47)48)3-7-20(23)26(33-28)36-30-25-13-18(44(51)52)5-9-22(25)32(38-30)40-39-31;1-2/h2-13H,1H3,(H3,33,34,35,36,37,38,39,40);1-2H3. The average Bonchev–Trinajstić information content (AvgIpc) is 3.80. The molecule has 0 amide bonds. The summed E-state index contributed by atoms with van der Waals surface area (Å²) < 4.78 is 0. The Labute approximate surface area is 300 Å². The molecule has 268 valence electrons. The van der Waals surface area contributed by atoms with Crippen molar-refractivity contribution in [2.75, 3.05) is 0 Å². The van der Waals surface area contributed by atoms with E-state index in [0.29, 0.717) is 27.6 Å². The number of nitrogens with one attached hydrogen (secondary N) is 3. The van der Waals surface area contributed by atoms with E-state index in [2.05, 4.69) is 25.1 Å². The molecule has 3 N–H and O–H groups in total. The molecule has 4 heterocycles. The molecular weight excluding hydrogens is 704 g/mol. The van der Waals surface area contributed by atoms with Crippen molar-refractivity contribution in [2.45, 2.75) is 20.8 Å². The van der Waals surface area contributed by atoms with E-state index in [4.69, 9.17) is 15.0 Å². The Morgan fingerprint density at radius 3 is 1.46 bits per heavy atom. The van der Waals surface area contributed by atoms with Crippen LogP contribution in [0.4, 0.5) is 22.7 Å². The number of aromatic nitrogens is 8. The van der Waals surface area contributed by atoms with E-state index in [1.54, 1.807) is 6.92 Å². The summed E-state index contributed by atoms with van der Waals surface area (Å²) in [5.41, 5.74) is 1.49. The van der Waals surface area contributed by atoms with E-state index in [1.807, 2.05) is 13.8 Å². The summed E-state index contributed by atoms with van der Waals surface area (Å²) in [4.78, 5) is 71.0. The fourth-order valence-corrected chi connectivity index (χ4v) is 5.95. The molecule has 0 fully saturated rings. The fraction of sp³-hybridized carbons (Fsp3) is 0.0882. The van der Waals surface area contributed by atoms with Crippen LogP contribution in [0.5, 0.6) is 0 Å². The molecule has 0 radical (unpaired) electrons. The zero-order chi connectivity index (χ0) is 38.4. The highest BCUT2D eigenvalue weighted by molar-refractivity contribution is 6.06.